The zero-order chi connectivity index (χ0) is 15.7. The minimum Gasteiger partial charge on any atom is -0.379 e. The van der Waals surface area contributed by atoms with E-state index in [2.05, 4.69) is 29.0 Å². The molecule has 0 aromatic heterocycles. The van der Waals surface area contributed by atoms with Crippen LogP contribution >= 0.6 is 24.0 Å². The van der Waals surface area contributed by atoms with Gasteiger partial charge in [-0.2, -0.15) is 0 Å². The molecule has 0 radical (unpaired) electrons. The van der Waals surface area contributed by atoms with Crippen molar-refractivity contribution in [2.75, 3.05) is 45.9 Å². The van der Waals surface area contributed by atoms with Crippen LogP contribution in [-0.2, 0) is 4.74 Å². The lowest BCUT2D eigenvalue weighted by atomic mass is 9.80. The van der Waals surface area contributed by atoms with E-state index in [4.69, 9.17) is 9.73 Å². The second-order valence-electron chi connectivity index (χ2n) is 6.25. The second kappa shape index (κ2) is 11.3. The molecule has 1 saturated heterocycles. The number of nitrogens with one attached hydrogen (secondary N) is 2. The summed E-state index contributed by atoms with van der Waals surface area (Å²) in [4.78, 5) is 7.52. The molecule has 0 amide bonds. The molecular formula is C17H33IN4O. The Morgan fingerprint density at radius 1 is 1.22 bits per heavy atom. The molecular weight excluding hydrogens is 403 g/mol. The maximum Gasteiger partial charge on any atom is 0.191 e. The van der Waals surface area contributed by atoms with Gasteiger partial charge in [0.2, 0.25) is 0 Å². The zero-order valence-electron chi connectivity index (χ0n) is 14.5. The van der Waals surface area contributed by atoms with Crippen molar-refractivity contribution in [1.29, 1.82) is 0 Å². The molecule has 1 saturated carbocycles. The van der Waals surface area contributed by atoms with Gasteiger partial charge in [0.25, 0.3) is 0 Å². The van der Waals surface area contributed by atoms with E-state index in [1.165, 1.54) is 32.1 Å². The van der Waals surface area contributed by atoms with Crippen LogP contribution in [0.4, 0.5) is 0 Å². The summed E-state index contributed by atoms with van der Waals surface area (Å²) in [5, 5.41) is 6.63. The monoisotopic (exact) mass is 436 g/mol. The molecule has 0 spiro atoms. The second-order valence-corrected chi connectivity index (χ2v) is 6.25. The van der Waals surface area contributed by atoms with Crippen molar-refractivity contribution in [3.63, 3.8) is 0 Å². The van der Waals surface area contributed by atoms with Gasteiger partial charge >= 0.3 is 0 Å². The largest absolute Gasteiger partial charge is 0.379 e. The molecule has 0 aromatic carbocycles. The van der Waals surface area contributed by atoms with Gasteiger partial charge in [0.05, 0.1) is 19.8 Å². The lowest BCUT2D eigenvalue weighted by Gasteiger charge is -2.47. The molecule has 0 bridgehead atoms. The fourth-order valence-corrected chi connectivity index (χ4v) is 3.56. The van der Waals surface area contributed by atoms with Gasteiger partial charge in [-0.15, -0.1) is 30.6 Å². The summed E-state index contributed by atoms with van der Waals surface area (Å²) >= 11 is 0. The molecule has 6 heteroatoms. The van der Waals surface area contributed by atoms with Crippen molar-refractivity contribution in [2.45, 2.75) is 44.6 Å². The average Bonchev–Trinajstić information content (AvgIpc) is 2.59. The predicted molar refractivity (Wildman–Crippen MR) is 108 cm³/mol. The number of hydrogen-bond acceptors (Lipinski definition) is 3. The van der Waals surface area contributed by atoms with Crippen molar-refractivity contribution in [1.82, 2.24) is 15.5 Å². The van der Waals surface area contributed by atoms with Gasteiger partial charge in [0.1, 0.15) is 0 Å². The molecule has 2 rings (SSSR count). The molecule has 2 N–H and O–H groups in total. The van der Waals surface area contributed by atoms with Crippen molar-refractivity contribution in [3.05, 3.63) is 12.7 Å². The van der Waals surface area contributed by atoms with Gasteiger partial charge in [-0.05, 0) is 19.8 Å². The van der Waals surface area contributed by atoms with Crippen molar-refractivity contribution < 1.29 is 4.74 Å². The van der Waals surface area contributed by atoms with E-state index in [1.807, 2.05) is 6.08 Å². The first-order valence-corrected chi connectivity index (χ1v) is 8.76. The van der Waals surface area contributed by atoms with Crippen molar-refractivity contribution >= 4 is 29.9 Å². The third kappa shape index (κ3) is 6.23. The summed E-state index contributed by atoms with van der Waals surface area (Å²) in [6, 6.07) is 0. The van der Waals surface area contributed by atoms with Crippen molar-refractivity contribution in [2.24, 2.45) is 4.99 Å². The van der Waals surface area contributed by atoms with E-state index < -0.39 is 0 Å². The lowest BCUT2D eigenvalue weighted by molar-refractivity contribution is -0.0333. The number of ether oxygens (including phenoxy) is 1. The molecule has 134 valence electrons. The topological polar surface area (TPSA) is 48.9 Å². The molecule has 2 fully saturated rings. The van der Waals surface area contributed by atoms with E-state index in [0.717, 1.165) is 51.9 Å². The average molecular weight is 436 g/mol. The first-order valence-electron chi connectivity index (χ1n) is 8.76. The van der Waals surface area contributed by atoms with Crippen LogP contribution in [0, 0.1) is 0 Å². The van der Waals surface area contributed by atoms with Crippen LogP contribution in [0.1, 0.15) is 39.0 Å². The van der Waals surface area contributed by atoms with Crippen LogP contribution in [0.15, 0.2) is 17.6 Å². The quantitative estimate of drug-likeness (QED) is 0.291. The zero-order valence-corrected chi connectivity index (χ0v) is 16.8. The smallest absolute Gasteiger partial charge is 0.191 e. The first kappa shape index (κ1) is 20.7. The number of nitrogens with zero attached hydrogens (tertiary/aromatic N) is 2. The molecule has 0 atom stereocenters. The molecule has 1 aliphatic heterocycles. The number of aliphatic imine (C=N–C) groups is 1. The van der Waals surface area contributed by atoms with Gasteiger partial charge in [-0.3, -0.25) is 9.89 Å². The van der Waals surface area contributed by atoms with Crippen LogP contribution in [0.5, 0.6) is 0 Å². The fraction of sp³-hybridized carbons (Fsp3) is 0.824. The number of rotatable bonds is 6. The minimum atomic E-state index is 0. The maximum absolute atomic E-state index is 5.54. The first-order chi connectivity index (χ1) is 10.8. The van der Waals surface area contributed by atoms with E-state index in [0.29, 0.717) is 0 Å². The maximum atomic E-state index is 5.54. The Bertz CT molecular complexity index is 364. The summed E-state index contributed by atoms with van der Waals surface area (Å²) in [7, 11) is 0. The molecule has 23 heavy (non-hydrogen) atoms. The Morgan fingerprint density at radius 3 is 2.52 bits per heavy atom. The van der Waals surface area contributed by atoms with E-state index >= 15 is 0 Å². The van der Waals surface area contributed by atoms with E-state index in [9.17, 15) is 0 Å². The molecule has 1 aliphatic carbocycles. The Balaban J connectivity index is 0.00000264. The standard InChI is InChI=1S/C17H32N4O.HI/c1-3-10-19-16(18-4-2)20-15-17(8-6-5-7-9-17)21-11-13-22-14-12-21;/h3H,1,4-15H2,2H3,(H2,18,19,20);1H. The highest BCUT2D eigenvalue weighted by Gasteiger charge is 2.38. The molecule has 1 heterocycles. The number of hydrogen-bond donors (Lipinski definition) is 2. The summed E-state index contributed by atoms with van der Waals surface area (Å²) in [5.74, 6) is 0.903. The SMILES string of the molecule is C=CCNC(=NCC1(N2CCOCC2)CCCCC1)NCC.I. The summed E-state index contributed by atoms with van der Waals surface area (Å²) in [5.41, 5.74) is 0.235. The summed E-state index contributed by atoms with van der Waals surface area (Å²) < 4.78 is 5.54. The van der Waals surface area contributed by atoms with Crippen molar-refractivity contribution in [3.8, 4) is 0 Å². The van der Waals surface area contributed by atoms with Gasteiger partial charge in [0.15, 0.2) is 5.96 Å². The Hall–Kier alpha value is -0.340. The van der Waals surface area contributed by atoms with Gasteiger partial charge in [-0.25, -0.2) is 0 Å². The highest BCUT2D eigenvalue weighted by Crippen LogP contribution is 2.34. The van der Waals surface area contributed by atoms with Gasteiger partial charge in [0, 0.05) is 31.7 Å². The Morgan fingerprint density at radius 2 is 1.91 bits per heavy atom. The highest BCUT2D eigenvalue weighted by atomic mass is 127. The van der Waals surface area contributed by atoms with Gasteiger partial charge < -0.3 is 15.4 Å². The highest BCUT2D eigenvalue weighted by molar-refractivity contribution is 14.0. The fourth-order valence-electron chi connectivity index (χ4n) is 3.56. The number of morpholine rings is 1. The van der Waals surface area contributed by atoms with E-state index in [1.54, 1.807) is 0 Å². The number of halogens is 1. The van der Waals surface area contributed by atoms with Crippen LogP contribution in [0.25, 0.3) is 0 Å². The normalized spacial score (nSPS) is 22.0. The summed E-state index contributed by atoms with van der Waals surface area (Å²) in [6.45, 7) is 12.2. The minimum absolute atomic E-state index is 0. The van der Waals surface area contributed by atoms with Gasteiger partial charge in [-0.1, -0.05) is 25.3 Å². The Kier molecular flexibility index (Phi) is 10.1. The van der Waals surface area contributed by atoms with Crippen LogP contribution < -0.4 is 10.6 Å². The van der Waals surface area contributed by atoms with E-state index in [-0.39, 0.29) is 29.5 Å². The van der Waals surface area contributed by atoms with Crippen LogP contribution in [-0.4, -0.2) is 62.3 Å². The molecule has 0 unspecified atom stereocenters. The molecule has 2 aliphatic rings. The van der Waals surface area contributed by atoms with Crippen LogP contribution in [0.2, 0.25) is 0 Å². The summed E-state index contributed by atoms with van der Waals surface area (Å²) in [6.07, 6.45) is 8.40. The third-order valence-corrected chi connectivity index (χ3v) is 4.76. The van der Waals surface area contributed by atoms with Crippen LogP contribution in [0.3, 0.4) is 0 Å². The predicted octanol–water partition coefficient (Wildman–Crippen LogP) is 2.38. The number of guanidine groups is 1. The lowest BCUT2D eigenvalue weighted by Crippen LogP contribution is -2.56. The molecule has 0 aromatic rings. The molecule has 5 nitrogen and oxygen atoms in total. The Labute approximate surface area is 158 Å². The third-order valence-electron chi connectivity index (χ3n) is 4.76.